The van der Waals surface area contributed by atoms with Crippen molar-refractivity contribution in [3.05, 3.63) is 53.6 Å². The molecule has 0 saturated heterocycles. The first kappa shape index (κ1) is 14.5. The van der Waals surface area contributed by atoms with Crippen LogP contribution in [0.5, 0.6) is 0 Å². The molecule has 0 aliphatic rings. The predicted molar refractivity (Wildman–Crippen MR) is 88.7 cm³/mol. The Hall–Kier alpha value is -1.87. The fourth-order valence-electron chi connectivity index (χ4n) is 2.07. The van der Waals surface area contributed by atoms with Crippen LogP contribution in [0.25, 0.3) is 0 Å². The van der Waals surface area contributed by atoms with Crippen molar-refractivity contribution in [3.63, 3.8) is 0 Å². The standard InChI is InChI=1S/C16H20ClN3/c1-20(13-7-3-2-4-8-13)12-6-11-19-16-14(17)9-5-10-15(16)18/h2-5,7-10,19H,6,11-12,18H2,1H3. The maximum atomic E-state index is 6.11. The number of hydrogen-bond acceptors (Lipinski definition) is 3. The number of hydrogen-bond donors (Lipinski definition) is 2. The Balaban J connectivity index is 1.80. The fourth-order valence-corrected chi connectivity index (χ4v) is 2.32. The lowest BCUT2D eigenvalue weighted by Crippen LogP contribution is -2.20. The average molecular weight is 290 g/mol. The maximum Gasteiger partial charge on any atom is 0.0763 e. The van der Waals surface area contributed by atoms with Gasteiger partial charge in [0.1, 0.15) is 0 Å². The van der Waals surface area contributed by atoms with E-state index in [4.69, 9.17) is 17.3 Å². The largest absolute Gasteiger partial charge is 0.397 e. The van der Waals surface area contributed by atoms with Crippen LogP contribution in [0.4, 0.5) is 17.1 Å². The van der Waals surface area contributed by atoms with E-state index in [-0.39, 0.29) is 0 Å². The number of nitrogens with zero attached hydrogens (tertiary/aromatic N) is 1. The molecule has 0 bridgehead atoms. The Bertz CT molecular complexity index is 522. The Morgan fingerprint density at radius 3 is 2.55 bits per heavy atom. The van der Waals surface area contributed by atoms with E-state index in [9.17, 15) is 0 Å². The summed E-state index contributed by atoms with van der Waals surface area (Å²) in [6, 6.07) is 15.9. The normalized spacial score (nSPS) is 10.3. The summed E-state index contributed by atoms with van der Waals surface area (Å²) in [6.45, 7) is 1.81. The van der Waals surface area contributed by atoms with Gasteiger partial charge in [-0.2, -0.15) is 0 Å². The highest BCUT2D eigenvalue weighted by molar-refractivity contribution is 6.33. The van der Waals surface area contributed by atoms with E-state index in [1.165, 1.54) is 5.69 Å². The van der Waals surface area contributed by atoms with E-state index in [2.05, 4.69) is 41.5 Å². The molecular formula is C16H20ClN3. The van der Waals surface area contributed by atoms with Crippen molar-refractivity contribution in [2.24, 2.45) is 0 Å². The van der Waals surface area contributed by atoms with Crippen LogP contribution in [-0.4, -0.2) is 20.1 Å². The summed E-state index contributed by atoms with van der Waals surface area (Å²) in [5.41, 5.74) is 8.64. The molecule has 0 heterocycles. The smallest absolute Gasteiger partial charge is 0.0763 e. The first-order valence-corrected chi connectivity index (χ1v) is 7.10. The Morgan fingerprint density at radius 2 is 1.85 bits per heavy atom. The van der Waals surface area contributed by atoms with Gasteiger partial charge in [-0.05, 0) is 30.7 Å². The van der Waals surface area contributed by atoms with E-state index in [0.29, 0.717) is 10.7 Å². The second-order valence-electron chi connectivity index (χ2n) is 4.74. The minimum atomic E-state index is 0.668. The van der Waals surface area contributed by atoms with E-state index in [1.807, 2.05) is 24.3 Å². The molecule has 0 spiro atoms. The van der Waals surface area contributed by atoms with Crippen LogP contribution in [0.15, 0.2) is 48.5 Å². The van der Waals surface area contributed by atoms with Crippen molar-refractivity contribution in [1.82, 2.24) is 0 Å². The summed E-state index contributed by atoms with van der Waals surface area (Å²) >= 11 is 6.11. The fraction of sp³-hybridized carbons (Fsp3) is 0.250. The number of benzene rings is 2. The topological polar surface area (TPSA) is 41.3 Å². The molecule has 0 atom stereocenters. The maximum absolute atomic E-state index is 6.11. The van der Waals surface area contributed by atoms with Crippen molar-refractivity contribution in [2.75, 3.05) is 36.1 Å². The average Bonchev–Trinajstić information content (AvgIpc) is 2.46. The molecule has 0 aliphatic heterocycles. The molecule has 0 radical (unpaired) electrons. The highest BCUT2D eigenvalue weighted by Crippen LogP contribution is 2.27. The minimum absolute atomic E-state index is 0.668. The molecule has 0 saturated carbocycles. The zero-order chi connectivity index (χ0) is 14.4. The molecule has 20 heavy (non-hydrogen) atoms. The molecular weight excluding hydrogens is 270 g/mol. The van der Waals surface area contributed by atoms with Crippen molar-refractivity contribution < 1.29 is 0 Å². The third kappa shape index (κ3) is 3.81. The Morgan fingerprint density at radius 1 is 1.10 bits per heavy atom. The second-order valence-corrected chi connectivity index (χ2v) is 5.15. The van der Waals surface area contributed by atoms with E-state index in [0.717, 1.165) is 25.2 Å². The highest BCUT2D eigenvalue weighted by atomic mass is 35.5. The third-order valence-corrected chi connectivity index (χ3v) is 3.53. The van der Waals surface area contributed by atoms with Gasteiger partial charge in [0.15, 0.2) is 0 Å². The summed E-state index contributed by atoms with van der Waals surface area (Å²) in [7, 11) is 2.10. The Labute approximate surface area is 125 Å². The van der Waals surface area contributed by atoms with Gasteiger partial charge in [0.05, 0.1) is 16.4 Å². The summed E-state index contributed by atoms with van der Waals surface area (Å²) in [4.78, 5) is 2.23. The van der Waals surface area contributed by atoms with Gasteiger partial charge < -0.3 is 16.0 Å². The van der Waals surface area contributed by atoms with Crippen molar-refractivity contribution in [1.29, 1.82) is 0 Å². The zero-order valence-electron chi connectivity index (χ0n) is 11.6. The third-order valence-electron chi connectivity index (χ3n) is 3.21. The van der Waals surface area contributed by atoms with Crippen LogP contribution in [0.1, 0.15) is 6.42 Å². The van der Waals surface area contributed by atoms with Gasteiger partial charge in [0, 0.05) is 25.8 Å². The number of para-hydroxylation sites is 2. The van der Waals surface area contributed by atoms with Gasteiger partial charge in [-0.15, -0.1) is 0 Å². The van der Waals surface area contributed by atoms with Gasteiger partial charge in [-0.1, -0.05) is 35.9 Å². The predicted octanol–water partition coefficient (Wildman–Crippen LogP) is 3.86. The van der Waals surface area contributed by atoms with E-state index >= 15 is 0 Å². The number of rotatable bonds is 6. The van der Waals surface area contributed by atoms with Crippen LogP contribution < -0.4 is 16.0 Å². The molecule has 2 aromatic carbocycles. The first-order chi connectivity index (χ1) is 9.68. The second kappa shape index (κ2) is 7.06. The number of anilines is 3. The summed E-state index contributed by atoms with van der Waals surface area (Å²) in [5.74, 6) is 0. The van der Waals surface area contributed by atoms with Crippen LogP contribution >= 0.6 is 11.6 Å². The zero-order valence-corrected chi connectivity index (χ0v) is 12.4. The first-order valence-electron chi connectivity index (χ1n) is 6.72. The number of halogens is 1. The number of nitrogen functional groups attached to an aromatic ring is 1. The van der Waals surface area contributed by atoms with Crippen LogP contribution in [-0.2, 0) is 0 Å². The molecule has 106 valence electrons. The summed E-state index contributed by atoms with van der Waals surface area (Å²) in [6.07, 6.45) is 1.01. The van der Waals surface area contributed by atoms with E-state index in [1.54, 1.807) is 0 Å². The van der Waals surface area contributed by atoms with Gasteiger partial charge in [0.25, 0.3) is 0 Å². The monoisotopic (exact) mass is 289 g/mol. The molecule has 0 fully saturated rings. The quantitative estimate of drug-likeness (QED) is 0.627. The molecule has 4 heteroatoms. The molecule has 0 aliphatic carbocycles. The van der Waals surface area contributed by atoms with Crippen LogP contribution in [0, 0.1) is 0 Å². The molecule has 0 aromatic heterocycles. The summed E-state index contributed by atoms with van der Waals surface area (Å²) in [5, 5.41) is 3.97. The molecule has 2 rings (SSSR count). The van der Waals surface area contributed by atoms with Crippen molar-refractivity contribution in [2.45, 2.75) is 6.42 Å². The lowest BCUT2D eigenvalue weighted by Gasteiger charge is -2.19. The van der Waals surface area contributed by atoms with Gasteiger partial charge in [0.2, 0.25) is 0 Å². The summed E-state index contributed by atoms with van der Waals surface area (Å²) < 4.78 is 0. The highest BCUT2D eigenvalue weighted by Gasteiger charge is 2.04. The number of nitrogens with two attached hydrogens (primary N) is 1. The lowest BCUT2D eigenvalue weighted by atomic mass is 10.2. The molecule has 3 N–H and O–H groups in total. The molecule has 3 nitrogen and oxygen atoms in total. The van der Waals surface area contributed by atoms with E-state index < -0.39 is 0 Å². The molecule has 0 amide bonds. The molecule has 0 unspecified atom stereocenters. The minimum Gasteiger partial charge on any atom is -0.397 e. The van der Waals surface area contributed by atoms with Crippen molar-refractivity contribution in [3.8, 4) is 0 Å². The number of nitrogens with one attached hydrogen (secondary N) is 1. The lowest BCUT2D eigenvalue weighted by molar-refractivity contribution is 0.817. The van der Waals surface area contributed by atoms with Gasteiger partial charge >= 0.3 is 0 Å². The van der Waals surface area contributed by atoms with Gasteiger partial charge in [-0.3, -0.25) is 0 Å². The van der Waals surface area contributed by atoms with Gasteiger partial charge in [-0.25, -0.2) is 0 Å². The molecule has 2 aromatic rings. The van der Waals surface area contributed by atoms with Crippen LogP contribution in [0.3, 0.4) is 0 Å². The Kier molecular flexibility index (Phi) is 5.13. The SMILES string of the molecule is CN(CCCNc1c(N)cccc1Cl)c1ccccc1. The van der Waals surface area contributed by atoms with Crippen LogP contribution in [0.2, 0.25) is 5.02 Å². The van der Waals surface area contributed by atoms with Crippen molar-refractivity contribution >= 4 is 28.7 Å².